The second kappa shape index (κ2) is 7.95. The average Bonchev–Trinajstić information content (AvgIpc) is 2.62. The van der Waals surface area contributed by atoms with Crippen molar-refractivity contribution in [1.29, 1.82) is 0 Å². The second-order valence-electron chi connectivity index (χ2n) is 8.58. The molecule has 28 heavy (non-hydrogen) atoms. The van der Waals surface area contributed by atoms with E-state index in [4.69, 9.17) is 0 Å². The fraction of sp³-hybridized carbons (Fsp3) is 0.357. The third-order valence-corrected chi connectivity index (χ3v) is 6.35. The monoisotopic (exact) mass is 370 g/mol. The van der Waals surface area contributed by atoms with Crippen molar-refractivity contribution in [3.63, 3.8) is 0 Å². The Morgan fingerprint density at radius 2 is 1.00 bits per heavy atom. The summed E-state index contributed by atoms with van der Waals surface area (Å²) in [7, 11) is 0. The number of hydrogen-bond acceptors (Lipinski definition) is 0. The molecule has 0 bridgehead atoms. The minimum absolute atomic E-state index is 1.01. The minimum Gasteiger partial charge on any atom is -0.0613 e. The van der Waals surface area contributed by atoms with Crippen LogP contribution in [0.4, 0.5) is 0 Å². The first-order valence-corrected chi connectivity index (χ1v) is 10.5. The maximum absolute atomic E-state index is 2.39. The maximum atomic E-state index is 2.39. The first-order chi connectivity index (χ1) is 13.2. The Hall–Kier alpha value is -2.34. The molecule has 3 aromatic rings. The summed E-state index contributed by atoms with van der Waals surface area (Å²) in [4.78, 5) is 0. The van der Waals surface area contributed by atoms with Crippen LogP contribution < -0.4 is 0 Å². The Morgan fingerprint density at radius 3 is 1.46 bits per heavy atom. The molecular formula is C28H34. The lowest BCUT2D eigenvalue weighted by atomic mass is 9.87. The van der Waals surface area contributed by atoms with Crippen LogP contribution in [0.15, 0.2) is 36.4 Å². The number of benzene rings is 3. The van der Waals surface area contributed by atoms with E-state index in [0.29, 0.717) is 0 Å². The average molecular weight is 371 g/mol. The lowest BCUT2D eigenvalue weighted by molar-refractivity contribution is 1.10. The molecule has 0 aliphatic heterocycles. The van der Waals surface area contributed by atoms with Gasteiger partial charge < -0.3 is 0 Å². The van der Waals surface area contributed by atoms with Gasteiger partial charge in [0.05, 0.1) is 0 Å². The molecule has 0 heteroatoms. The molecule has 0 spiro atoms. The SMILES string of the molecule is CCc1cc(C)c(-c2cc(C)c(Cc3cc(C)c(C)c(C)c3)c(C)c2)c(C)c1. The van der Waals surface area contributed by atoms with Gasteiger partial charge in [0.1, 0.15) is 0 Å². The zero-order chi connectivity index (χ0) is 20.6. The van der Waals surface area contributed by atoms with Crippen molar-refractivity contribution in [2.75, 3.05) is 0 Å². The summed E-state index contributed by atoms with van der Waals surface area (Å²) in [6.07, 6.45) is 2.10. The van der Waals surface area contributed by atoms with Gasteiger partial charge in [-0.05, 0) is 128 Å². The highest BCUT2D eigenvalue weighted by Gasteiger charge is 2.12. The Balaban J connectivity index is 2.03. The molecule has 3 rings (SSSR count). The summed E-state index contributed by atoms with van der Waals surface area (Å²) in [5, 5.41) is 0. The summed E-state index contributed by atoms with van der Waals surface area (Å²) >= 11 is 0. The third kappa shape index (κ3) is 3.92. The lowest BCUT2D eigenvalue weighted by Crippen LogP contribution is -2.00. The van der Waals surface area contributed by atoms with Crippen LogP contribution in [0.5, 0.6) is 0 Å². The maximum Gasteiger partial charge on any atom is -0.00203 e. The van der Waals surface area contributed by atoms with Gasteiger partial charge in [0, 0.05) is 0 Å². The molecule has 0 N–H and O–H groups in total. The van der Waals surface area contributed by atoms with Gasteiger partial charge in [-0.15, -0.1) is 0 Å². The van der Waals surface area contributed by atoms with Crippen molar-refractivity contribution in [1.82, 2.24) is 0 Å². The van der Waals surface area contributed by atoms with Crippen molar-refractivity contribution < 1.29 is 0 Å². The van der Waals surface area contributed by atoms with Gasteiger partial charge in [-0.1, -0.05) is 43.3 Å². The molecule has 0 radical (unpaired) electrons. The predicted molar refractivity (Wildman–Crippen MR) is 124 cm³/mol. The standard InChI is InChI=1S/C28H34/c1-9-24-12-21(6)28(22(7)13-24)26-14-19(4)27(20(5)15-26)16-25-10-17(2)23(8)18(3)11-25/h10-15H,9,16H2,1-8H3. The summed E-state index contributed by atoms with van der Waals surface area (Å²) in [6.45, 7) is 17.9. The van der Waals surface area contributed by atoms with E-state index >= 15 is 0 Å². The Kier molecular flexibility index (Phi) is 5.79. The van der Waals surface area contributed by atoms with Gasteiger partial charge in [-0.3, -0.25) is 0 Å². The van der Waals surface area contributed by atoms with E-state index < -0.39 is 0 Å². The van der Waals surface area contributed by atoms with Crippen LogP contribution in [-0.4, -0.2) is 0 Å². The molecule has 0 atom stereocenters. The largest absolute Gasteiger partial charge is 0.0613 e. The molecule has 0 nitrogen and oxygen atoms in total. The smallest absolute Gasteiger partial charge is 0.00203 e. The zero-order valence-electron chi connectivity index (χ0n) is 18.9. The molecule has 3 aromatic carbocycles. The Labute approximate surface area is 171 Å². The van der Waals surface area contributed by atoms with Gasteiger partial charge >= 0.3 is 0 Å². The van der Waals surface area contributed by atoms with Crippen molar-refractivity contribution in [3.8, 4) is 11.1 Å². The van der Waals surface area contributed by atoms with E-state index in [1.54, 1.807) is 0 Å². The molecule has 0 unspecified atom stereocenters. The highest BCUT2D eigenvalue weighted by Crippen LogP contribution is 2.32. The van der Waals surface area contributed by atoms with Crippen molar-refractivity contribution in [2.24, 2.45) is 0 Å². The number of hydrogen-bond donors (Lipinski definition) is 0. The number of rotatable bonds is 4. The molecule has 0 amide bonds. The van der Waals surface area contributed by atoms with Gasteiger partial charge in [0.25, 0.3) is 0 Å². The number of aryl methyl sites for hydroxylation is 7. The quantitative estimate of drug-likeness (QED) is 0.442. The van der Waals surface area contributed by atoms with E-state index in [-0.39, 0.29) is 0 Å². The molecule has 0 aliphatic rings. The molecule has 0 saturated carbocycles. The molecule has 0 saturated heterocycles. The van der Waals surface area contributed by atoms with E-state index in [0.717, 1.165) is 12.8 Å². The normalized spacial score (nSPS) is 11.1. The first-order valence-electron chi connectivity index (χ1n) is 10.5. The second-order valence-corrected chi connectivity index (χ2v) is 8.58. The molecule has 0 fully saturated rings. The fourth-order valence-corrected chi connectivity index (χ4v) is 4.56. The topological polar surface area (TPSA) is 0 Å². The first kappa shape index (κ1) is 20.4. The van der Waals surface area contributed by atoms with E-state index in [9.17, 15) is 0 Å². The van der Waals surface area contributed by atoms with Crippen LogP contribution >= 0.6 is 0 Å². The van der Waals surface area contributed by atoms with Crippen molar-refractivity contribution >= 4 is 0 Å². The minimum atomic E-state index is 1.01. The van der Waals surface area contributed by atoms with Crippen LogP contribution in [0.2, 0.25) is 0 Å². The Bertz CT molecular complexity index is 965. The Morgan fingerprint density at radius 1 is 0.536 bits per heavy atom. The third-order valence-electron chi connectivity index (χ3n) is 6.35. The van der Waals surface area contributed by atoms with Crippen molar-refractivity contribution in [2.45, 2.75) is 68.2 Å². The van der Waals surface area contributed by atoms with Gasteiger partial charge in [0.2, 0.25) is 0 Å². The molecule has 0 heterocycles. The summed E-state index contributed by atoms with van der Waals surface area (Å²) in [5.74, 6) is 0. The summed E-state index contributed by atoms with van der Waals surface area (Å²) < 4.78 is 0. The van der Waals surface area contributed by atoms with Gasteiger partial charge in [0.15, 0.2) is 0 Å². The molecule has 0 aliphatic carbocycles. The lowest BCUT2D eigenvalue weighted by Gasteiger charge is -2.18. The van der Waals surface area contributed by atoms with Crippen LogP contribution in [0.25, 0.3) is 11.1 Å². The summed E-state index contributed by atoms with van der Waals surface area (Å²) in [6, 6.07) is 14.2. The van der Waals surface area contributed by atoms with Gasteiger partial charge in [-0.25, -0.2) is 0 Å². The van der Waals surface area contributed by atoms with Crippen LogP contribution in [-0.2, 0) is 12.8 Å². The highest BCUT2D eigenvalue weighted by molar-refractivity contribution is 5.73. The fourth-order valence-electron chi connectivity index (χ4n) is 4.56. The van der Waals surface area contributed by atoms with E-state index in [1.807, 2.05) is 0 Å². The zero-order valence-corrected chi connectivity index (χ0v) is 18.9. The van der Waals surface area contributed by atoms with E-state index in [2.05, 4.69) is 91.8 Å². The van der Waals surface area contributed by atoms with Gasteiger partial charge in [-0.2, -0.15) is 0 Å². The summed E-state index contributed by atoms with van der Waals surface area (Å²) in [5.41, 5.74) is 16.8. The highest BCUT2D eigenvalue weighted by atomic mass is 14.2. The molecule has 146 valence electrons. The van der Waals surface area contributed by atoms with Crippen LogP contribution in [0.3, 0.4) is 0 Å². The molecular weight excluding hydrogens is 336 g/mol. The van der Waals surface area contributed by atoms with Crippen LogP contribution in [0.1, 0.15) is 62.6 Å². The molecule has 0 aromatic heterocycles. The predicted octanol–water partition coefficient (Wildman–Crippen LogP) is 7.67. The van der Waals surface area contributed by atoms with Crippen LogP contribution in [0, 0.1) is 48.5 Å². The van der Waals surface area contributed by atoms with Crippen molar-refractivity contribution in [3.05, 3.63) is 92.0 Å². The van der Waals surface area contributed by atoms with E-state index in [1.165, 1.54) is 66.8 Å².